The van der Waals surface area contributed by atoms with Crippen LogP contribution in [-0.2, 0) is 21.2 Å². The molecule has 1 aromatic heterocycles. The van der Waals surface area contributed by atoms with Crippen LogP contribution in [0.3, 0.4) is 0 Å². The molecular formula is C20H20N4O3S2. The van der Waals surface area contributed by atoms with E-state index in [0.29, 0.717) is 11.6 Å². The van der Waals surface area contributed by atoms with Crippen molar-refractivity contribution in [3.8, 4) is 10.6 Å². The maximum Gasteiger partial charge on any atom is 0.263 e. The number of benzene rings is 2. The van der Waals surface area contributed by atoms with Gasteiger partial charge in [0.25, 0.3) is 10.0 Å². The number of carbonyl (C=O) groups excluding carboxylic acids is 1. The number of amides is 1. The Labute approximate surface area is 173 Å². The van der Waals surface area contributed by atoms with Gasteiger partial charge in [-0.1, -0.05) is 41.2 Å². The minimum Gasteiger partial charge on any atom is -0.312 e. The Balaban J connectivity index is 1.58. The Morgan fingerprint density at radius 3 is 2.62 bits per heavy atom. The van der Waals surface area contributed by atoms with Crippen LogP contribution in [0, 0.1) is 6.92 Å². The quantitative estimate of drug-likeness (QED) is 0.685. The maximum absolute atomic E-state index is 12.8. The highest BCUT2D eigenvalue weighted by Crippen LogP contribution is 2.31. The van der Waals surface area contributed by atoms with Crippen LogP contribution in [0.25, 0.3) is 10.6 Å². The van der Waals surface area contributed by atoms with Crippen molar-refractivity contribution >= 4 is 38.1 Å². The van der Waals surface area contributed by atoms with E-state index < -0.39 is 10.0 Å². The van der Waals surface area contributed by atoms with E-state index in [2.05, 4.69) is 14.9 Å². The highest BCUT2D eigenvalue weighted by molar-refractivity contribution is 7.93. The number of aromatic nitrogens is 2. The fourth-order valence-corrected chi connectivity index (χ4v) is 5.35. The topological polar surface area (TPSA) is 92.3 Å². The molecule has 0 fully saturated rings. The van der Waals surface area contributed by atoms with Crippen molar-refractivity contribution in [2.24, 2.45) is 0 Å². The maximum atomic E-state index is 12.8. The molecule has 1 amide bonds. The second-order valence-corrected chi connectivity index (χ2v) is 9.61. The van der Waals surface area contributed by atoms with Crippen molar-refractivity contribution in [2.45, 2.75) is 31.6 Å². The van der Waals surface area contributed by atoms with Gasteiger partial charge in [-0.05, 0) is 43.5 Å². The van der Waals surface area contributed by atoms with Crippen LogP contribution in [0.15, 0.2) is 47.4 Å². The predicted octanol–water partition coefficient (Wildman–Crippen LogP) is 3.61. The lowest BCUT2D eigenvalue weighted by Gasteiger charge is -2.28. The van der Waals surface area contributed by atoms with Crippen molar-refractivity contribution in [3.05, 3.63) is 53.6 Å². The number of fused-ring (bicyclic) bond motifs is 1. The van der Waals surface area contributed by atoms with Gasteiger partial charge >= 0.3 is 0 Å². The molecule has 29 heavy (non-hydrogen) atoms. The van der Waals surface area contributed by atoms with E-state index in [1.165, 1.54) is 24.3 Å². The number of anilines is 2. The van der Waals surface area contributed by atoms with Gasteiger partial charge in [0.2, 0.25) is 11.0 Å². The van der Waals surface area contributed by atoms with Crippen molar-refractivity contribution in [1.29, 1.82) is 0 Å². The van der Waals surface area contributed by atoms with Crippen LogP contribution in [0.4, 0.5) is 10.8 Å². The Hall–Kier alpha value is -2.78. The van der Waals surface area contributed by atoms with Crippen molar-refractivity contribution in [2.75, 3.05) is 16.2 Å². The van der Waals surface area contributed by atoms with E-state index in [-0.39, 0.29) is 15.9 Å². The molecule has 3 aromatic rings. The minimum atomic E-state index is -3.81. The number of hydrogen-bond acceptors (Lipinski definition) is 6. The lowest BCUT2D eigenvalue weighted by atomic mass is 10.0. The van der Waals surface area contributed by atoms with Gasteiger partial charge in [0.1, 0.15) is 5.01 Å². The molecule has 0 bridgehead atoms. The van der Waals surface area contributed by atoms with E-state index in [1.807, 2.05) is 31.2 Å². The number of nitrogens with one attached hydrogen (secondary N) is 1. The summed E-state index contributed by atoms with van der Waals surface area (Å²) in [6, 6.07) is 12.6. The molecule has 0 aliphatic carbocycles. The summed E-state index contributed by atoms with van der Waals surface area (Å²) in [5.41, 5.74) is 3.65. The van der Waals surface area contributed by atoms with Gasteiger partial charge in [-0.2, -0.15) is 0 Å². The Bertz CT molecular complexity index is 1170. The molecule has 0 spiro atoms. The van der Waals surface area contributed by atoms with Crippen molar-refractivity contribution < 1.29 is 13.2 Å². The molecule has 0 saturated carbocycles. The van der Waals surface area contributed by atoms with Gasteiger partial charge < -0.3 is 4.90 Å². The van der Waals surface area contributed by atoms with Crippen LogP contribution in [0.2, 0.25) is 0 Å². The molecule has 7 nitrogen and oxygen atoms in total. The molecule has 0 unspecified atom stereocenters. The summed E-state index contributed by atoms with van der Waals surface area (Å²) in [5, 5.41) is 8.92. The summed E-state index contributed by atoms with van der Waals surface area (Å²) >= 11 is 1.18. The minimum absolute atomic E-state index is 0.0443. The molecule has 150 valence electrons. The fourth-order valence-electron chi connectivity index (χ4n) is 3.32. The first-order chi connectivity index (χ1) is 13.8. The zero-order valence-electron chi connectivity index (χ0n) is 16.0. The number of hydrogen-bond donors (Lipinski definition) is 1. The normalized spacial score (nSPS) is 13.8. The van der Waals surface area contributed by atoms with E-state index in [0.717, 1.165) is 35.2 Å². The standard InChI is InChI=1S/C20H20N4O3S2/c1-13-5-7-15(8-6-13)19-21-22-20(28-19)23-29(26,27)17-9-10-18-16(12-17)4-3-11-24(18)14(2)25/h5-10,12H,3-4,11H2,1-2H3,(H,22,23). The third-order valence-electron chi connectivity index (χ3n) is 4.81. The molecule has 1 aliphatic rings. The van der Waals surface area contributed by atoms with Crippen molar-refractivity contribution in [3.63, 3.8) is 0 Å². The summed E-state index contributed by atoms with van der Waals surface area (Å²) in [6.07, 6.45) is 1.54. The average Bonchev–Trinajstić information content (AvgIpc) is 3.15. The van der Waals surface area contributed by atoms with E-state index in [9.17, 15) is 13.2 Å². The highest BCUT2D eigenvalue weighted by atomic mass is 32.2. The van der Waals surface area contributed by atoms with Crippen LogP contribution < -0.4 is 9.62 Å². The lowest BCUT2D eigenvalue weighted by Crippen LogP contribution is -2.33. The van der Waals surface area contributed by atoms with Gasteiger partial charge in [-0.25, -0.2) is 8.42 Å². The first-order valence-electron chi connectivity index (χ1n) is 9.18. The summed E-state index contributed by atoms with van der Waals surface area (Å²) < 4.78 is 28.2. The molecule has 0 atom stereocenters. The molecule has 1 aliphatic heterocycles. The number of nitrogens with zero attached hydrogens (tertiary/aromatic N) is 3. The van der Waals surface area contributed by atoms with Gasteiger partial charge in [-0.15, -0.1) is 10.2 Å². The van der Waals surface area contributed by atoms with Gasteiger partial charge in [0.05, 0.1) is 4.90 Å². The Kier molecular flexibility index (Phi) is 5.10. The third-order valence-corrected chi connectivity index (χ3v) is 7.16. The zero-order valence-corrected chi connectivity index (χ0v) is 17.7. The zero-order chi connectivity index (χ0) is 20.6. The fraction of sp³-hybridized carbons (Fsp3) is 0.250. The SMILES string of the molecule is CC(=O)N1CCCc2cc(S(=O)(=O)Nc3nnc(-c4ccc(C)cc4)s3)ccc21. The molecule has 0 radical (unpaired) electrons. The molecule has 2 heterocycles. The third kappa shape index (κ3) is 4.01. The summed E-state index contributed by atoms with van der Waals surface area (Å²) in [6.45, 7) is 4.17. The van der Waals surface area contributed by atoms with E-state index in [1.54, 1.807) is 17.0 Å². The average molecular weight is 429 g/mol. The van der Waals surface area contributed by atoms with E-state index in [4.69, 9.17) is 0 Å². The molecule has 9 heteroatoms. The first kappa shape index (κ1) is 19.5. The number of sulfonamides is 1. The molecule has 0 saturated heterocycles. The van der Waals surface area contributed by atoms with Gasteiger partial charge in [0.15, 0.2) is 0 Å². The van der Waals surface area contributed by atoms with Crippen molar-refractivity contribution in [1.82, 2.24) is 10.2 Å². The number of aryl methyl sites for hydroxylation is 2. The van der Waals surface area contributed by atoms with Crippen LogP contribution in [0.1, 0.15) is 24.5 Å². The molecule has 4 rings (SSSR count). The second-order valence-electron chi connectivity index (χ2n) is 6.95. The number of rotatable bonds is 4. The van der Waals surface area contributed by atoms with Gasteiger partial charge in [0, 0.05) is 24.7 Å². The molecule has 1 N–H and O–H groups in total. The largest absolute Gasteiger partial charge is 0.312 e. The predicted molar refractivity (Wildman–Crippen MR) is 114 cm³/mol. The molecular weight excluding hydrogens is 408 g/mol. The summed E-state index contributed by atoms with van der Waals surface area (Å²) in [4.78, 5) is 13.6. The second kappa shape index (κ2) is 7.57. The molecule has 2 aromatic carbocycles. The van der Waals surface area contributed by atoms with Crippen LogP contribution >= 0.6 is 11.3 Å². The lowest BCUT2D eigenvalue weighted by molar-refractivity contribution is -0.116. The summed E-state index contributed by atoms with van der Waals surface area (Å²) in [5.74, 6) is -0.0443. The van der Waals surface area contributed by atoms with E-state index >= 15 is 0 Å². The Morgan fingerprint density at radius 2 is 1.90 bits per heavy atom. The van der Waals surface area contributed by atoms with Gasteiger partial charge in [-0.3, -0.25) is 9.52 Å². The van der Waals surface area contributed by atoms with Crippen LogP contribution in [0.5, 0.6) is 0 Å². The summed E-state index contributed by atoms with van der Waals surface area (Å²) in [7, 11) is -3.81. The number of carbonyl (C=O) groups is 1. The smallest absolute Gasteiger partial charge is 0.263 e. The van der Waals surface area contributed by atoms with Crippen LogP contribution in [-0.4, -0.2) is 31.1 Å². The highest BCUT2D eigenvalue weighted by Gasteiger charge is 2.24. The Morgan fingerprint density at radius 1 is 1.14 bits per heavy atom. The first-order valence-corrected chi connectivity index (χ1v) is 11.5. The monoisotopic (exact) mass is 428 g/mol.